The highest BCUT2D eigenvalue weighted by atomic mass is 35.5. The molecular formula is C19H33ClN+. The van der Waals surface area contributed by atoms with Gasteiger partial charge in [-0.05, 0) is 12.8 Å². The van der Waals surface area contributed by atoms with Crippen molar-refractivity contribution < 1.29 is 4.48 Å². The maximum absolute atomic E-state index is 6.23. The van der Waals surface area contributed by atoms with Crippen molar-refractivity contribution in [3.63, 3.8) is 0 Å². The van der Waals surface area contributed by atoms with Crippen molar-refractivity contribution in [2.75, 3.05) is 19.6 Å². The number of hydrogen-bond acceptors (Lipinski definition) is 0. The average molecular weight is 311 g/mol. The van der Waals surface area contributed by atoms with Gasteiger partial charge in [0.15, 0.2) is 6.00 Å². The Morgan fingerprint density at radius 3 is 2.00 bits per heavy atom. The molecule has 0 fully saturated rings. The van der Waals surface area contributed by atoms with Crippen LogP contribution < -0.4 is 0 Å². The summed E-state index contributed by atoms with van der Waals surface area (Å²) in [6.45, 7) is 4.51. The third-order valence-electron chi connectivity index (χ3n) is 4.25. The highest BCUT2D eigenvalue weighted by Gasteiger charge is 2.20. The number of halogens is 1. The van der Waals surface area contributed by atoms with Crippen LogP contribution in [0.2, 0.25) is 0 Å². The highest BCUT2D eigenvalue weighted by molar-refractivity contribution is 6.16. The summed E-state index contributed by atoms with van der Waals surface area (Å²) in [7, 11) is 2.28. The minimum absolute atomic E-state index is 0.700. The number of unbranched alkanes of at least 4 members (excludes halogenated alkanes) is 7. The molecule has 1 unspecified atom stereocenters. The molecule has 1 atom stereocenters. The molecule has 0 aliphatic rings. The van der Waals surface area contributed by atoms with Gasteiger partial charge in [-0.15, -0.1) is 0 Å². The standard InChI is InChI=1S/C19H33ClN/c1-3-4-5-6-7-8-9-13-16-21(2,18-20)17-19-14-11-10-12-15-19/h10-12,14-15H,3-9,13,16-18H2,1-2H3/q+1. The average Bonchev–Trinajstić information content (AvgIpc) is 2.51. The Balaban J connectivity index is 2.18. The van der Waals surface area contributed by atoms with Crippen molar-refractivity contribution in [1.29, 1.82) is 0 Å². The Bertz CT molecular complexity index is 352. The van der Waals surface area contributed by atoms with E-state index in [2.05, 4.69) is 44.3 Å². The number of rotatable bonds is 12. The first-order valence-electron chi connectivity index (χ1n) is 8.63. The van der Waals surface area contributed by atoms with Crippen LogP contribution in [0.15, 0.2) is 30.3 Å². The smallest absolute Gasteiger partial charge is 0.154 e. The second kappa shape index (κ2) is 11.1. The van der Waals surface area contributed by atoms with Crippen LogP contribution in [0.25, 0.3) is 0 Å². The number of nitrogens with zero attached hydrogens (tertiary/aromatic N) is 1. The van der Waals surface area contributed by atoms with Crippen molar-refractivity contribution >= 4 is 11.6 Å². The van der Waals surface area contributed by atoms with E-state index in [0.717, 1.165) is 11.0 Å². The Morgan fingerprint density at radius 1 is 0.857 bits per heavy atom. The fraction of sp³-hybridized carbons (Fsp3) is 0.684. The first kappa shape index (κ1) is 18.5. The van der Waals surface area contributed by atoms with E-state index in [1.165, 1.54) is 63.5 Å². The van der Waals surface area contributed by atoms with Crippen LogP contribution in [-0.2, 0) is 6.54 Å². The molecule has 21 heavy (non-hydrogen) atoms. The molecule has 120 valence electrons. The molecule has 0 aliphatic carbocycles. The molecule has 0 saturated heterocycles. The van der Waals surface area contributed by atoms with Crippen LogP contribution in [0, 0.1) is 0 Å². The lowest BCUT2D eigenvalue weighted by atomic mass is 10.1. The molecule has 0 heterocycles. The molecule has 0 amide bonds. The number of quaternary nitrogens is 1. The van der Waals surface area contributed by atoms with Gasteiger partial charge in [-0.2, -0.15) is 0 Å². The first-order valence-corrected chi connectivity index (χ1v) is 9.17. The summed E-state index contributed by atoms with van der Waals surface area (Å²) in [5, 5.41) is 0. The zero-order chi connectivity index (χ0) is 15.4. The number of benzene rings is 1. The van der Waals surface area contributed by atoms with Gasteiger partial charge in [0.05, 0.1) is 13.6 Å². The fourth-order valence-electron chi connectivity index (χ4n) is 2.83. The van der Waals surface area contributed by atoms with Crippen molar-refractivity contribution in [3.8, 4) is 0 Å². The molecule has 1 aromatic carbocycles. The van der Waals surface area contributed by atoms with Gasteiger partial charge >= 0.3 is 0 Å². The molecule has 1 aromatic rings. The van der Waals surface area contributed by atoms with Crippen molar-refractivity contribution in [3.05, 3.63) is 35.9 Å². The topological polar surface area (TPSA) is 0 Å². The lowest BCUT2D eigenvalue weighted by Crippen LogP contribution is -2.42. The van der Waals surface area contributed by atoms with E-state index in [1.54, 1.807) is 0 Å². The van der Waals surface area contributed by atoms with E-state index >= 15 is 0 Å². The van der Waals surface area contributed by atoms with E-state index in [0.29, 0.717) is 6.00 Å². The number of alkyl halides is 1. The van der Waals surface area contributed by atoms with E-state index in [9.17, 15) is 0 Å². The molecule has 0 saturated carbocycles. The summed E-state index contributed by atoms with van der Waals surface area (Å²) in [6, 6.07) is 11.4. The molecule has 2 heteroatoms. The van der Waals surface area contributed by atoms with Gasteiger partial charge in [-0.1, -0.05) is 87.4 Å². The maximum Gasteiger partial charge on any atom is 0.154 e. The van der Waals surface area contributed by atoms with Crippen LogP contribution in [0.1, 0.15) is 63.9 Å². The molecule has 0 radical (unpaired) electrons. The van der Waals surface area contributed by atoms with Gasteiger partial charge < -0.3 is 4.48 Å². The van der Waals surface area contributed by atoms with Gasteiger partial charge in [0.25, 0.3) is 0 Å². The predicted octanol–water partition coefficient (Wildman–Crippen LogP) is 5.97. The van der Waals surface area contributed by atoms with Gasteiger partial charge in [0.1, 0.15) is 6.54 Å². The van der Waals surface area contributed by atoms with E-state index in [1.807, 2.05) is 0 Å². The quantitative estimate of drug-likeness (QED) is 0.193. The first-order chi connectivity index (χ1) is 10.2. The normalized spacial score (nSPS) is 14.0. The van der Waals surface area contributed by atoms with Gasteiger partial charge in [0, 0.05) is 5.56 Å². The van der Waals surface area contributed by atoms with Gasteiger partial charge in [0.2, 0.25) is 0 Å². The summed E-state index contributed by atoms with van der Waals surface area (Å²) < 4.78 is 0.946. The minimum atomic E-state index is 0.700. The summed E-state index contributed by atoms with van der Waals surface area (Å²) in [4.78, 5) is 0. The third kappa shape index (κ3) is 8.48. The van der Waals surface area contributed by atoms with Crippen LogP contribution in [-0.4, -0.2) is 24.1 Å². The maximum atomic E-state index is 6.23. The zero-order valence-electron chi connectivity index (χ0n) is 14.0. The lowest BCUT2D eigenvalue weighted by Gasteiger charge is -2.32. The summed E-state index contributed by atoms with van der Waals surface area (Å²) >= 11 is 6.23. The Kier molecular flexibility index (Phi) is 9.78. The highest BCUT2D eigenvalue weighted by Crippen LogP contribution is 2.16. The third-order valence-corrected chi connectivity index (χ3v) is 4.82. The van der Waals surface area contributed by atoms with Gasteiger partial charge in [-0.25, -0.2) is 0 Å². The van der Waals surface area contributed by atoms with Crippen molar-refractivity contribution in [1.82, 2.24) is 0 Å². The summed E-state index contributed by atoms with van der Waals surface area (Å²) in [5.74, 6) is 0. The molecule has 0 aromatic heterocycles. The van der Waals surface area contributed by atoms with Crippen molar-refractivity contribution in [2.24, 2.45) is 0 Å². The zero-order valence-corrected chi connectivity index (χ0v) is 14.7. The van der Waals surface area contributed by atoms with Crippen molar-refractivity contribution in [2.45, 2.75) is 64.8 Å². The second-order valence-corrected chi connectivity index (χ2v) is 6.82. The molecule has 1 nitrogen and oxygen atoms in total. The molecule has 0 spiro atoms. The van der Waals surface area contributed by atoms with E-state index in [4.69, 9.17) is 11.6 Å². The largest absolute Gasteiger partial charge is 0.310 e. The second-order valence-electron chi connectivity index (χ2n) is 6.58. The fourth-order valence-corrected chi connectivity index (χ4v) is 3.04. The van der Waals surface area contributed by atoms with Crippen LogP contribution in [0.4, 0.5) is 0 Å². The van der Waals surface area contributed by atoms with Gasteiger partial charge in [-0.3, -0.25) is 0 Å². The monoisotopic (exact) mass is 310 g/mol. The number of hydrogen-bond donors (Lipinski definition) is 0. The SMILES string of the molecule is CCCCCCCCCC[N+](C)(CCl)Cc1ccccc1. The minimum Gasteiger partial charge on any atom is -0.310 e. The summed E-state index contributed by atoms with van der Waals surface area (Å²) in [5.41, 5.74) is 1.39. The van der Waals surface area contributed by atoms with Crippen LogP contribution >= 0.6 is 11.6 Å². The van der Waals surface area contributed by atoms with Crippen LogP contribution in [0.3, 0.4) is 0 Å². The molecular weight excluding hydrogens is 278 g/mol. The van der Waals surface area contributed by atoms with E-state index in [-0.39, 0.29) is 0 Å². The Morgan fingerprint density at radius 2 is 1.43 bits per heavy atom. The molecule has 1 rings (SSSR count). The lowest BCUT2D eigenvalue weighted by molar-refractivity contribution is -0.912. The molecule has 0 bridgehead atoms. The Hall–Kier alpha value is -0.530. The van der Waals surface area contributed by atoms with E-state index < -0.39 is 0 Å². The molecule has 0 aliphatic heterocycles. The predicted molar refractivity (Wildman–Crippen MR) is 94.5 cm³/mol. The Labute approximate surface area is 136 Å². The van der Waals surface area contributed by atoms with Crippen LogP contribution in [0.5, 0.6) is 0 Å². The molecule has 0 N–H and O–H groups in total. The summed E-state index contributed by atoms with van der Waals surface area (Å²) in [6.07, 6.45) is 11.0.